The summed E-state index contributed by atoms with van der Waals surface area (Å²) in [5, 5.41) is 8.88. The lowest BCUT2D eigenvalue weighted by Crippen LogP contribution is -2.26. The van der Waals surface area contributed by atoms with Crippen LogP contribution in [0, 0.1) is 30.1 Å². The molecule has 0 amide bonds. The summed E-state index contributed by atoms with van der Waals surface area (Å²) in [7, 11) is 0. The van der Waals surface area contributed by atoms with Gasteiger partial charge >= 0.3 is 23.9 Å². The van der Waals surface area contributed by atoms with E-state index in [2.05, 4.69) is 0 Å². The van der Waals surface area contributed by atoms with E-state index in [1.165, 1.54) is 6.08 Å². The summed E-state index contributed by atoms with van der Waals surface area (Å²) in [6, 6.07) is 29.0. The molecule has 2 atom stereocenters. The van der Waals surface area contributed by atoms with Gasteiger partial charge in [-0.25, -0.2) is 9.59 Å². The van der Waals surface area contributed by atoms with E-state index in [4.69, 9.17) is 28.9 Å². The van der Waals surface area contributed by atoms with Crippen molar-refractivity contribution >= 4 is 30.0 Å². The second kappa shape index (κ2) is 19.8. The maximum Gasteiger partial charge on any atom is 0.343 e. The average molecular weight is 704 g/mol. The first-order valence-corrected chi connectivity index (χ1v) is 17.0. The van der Waals surface area contributed by atoms with Crippen molar-refractivity contribution in [3.05, 3.63) is 125 Å². The van der Waals surface area contributed by atoms with Crippen molar-refractivity contribution in [2.75, 3.05) is 13.2 Å². The Bertz CT molecular complexity index is 1880. The van der Waals surface area contributed by atoms with E-state index in [9.17, 15) is 19.2 Å². The van der Waals surface area contributed by atoms with Crippen molar-refractivity contribution in [3.8, 4) is 29.1 Å². The first kappa shape index (κ1) is 38.6. The molecular weight excluding hydrogens is 662 g/mol. The van der Waals surface area contributed by atoms with Gasteiger partial charge in [-0.3, -0.25) is 9.59 Å². The number of nitriles is 1. The molecule has 0 fully saturated rings. The number of hydrogen-bond donors (Lipinski definition) is 0. The van der Waals surface area contributed by atoms with E-state index >= 15 is 0 Å². The number of unbranched alkanes of at least 4 members (excludes halogenated alkanes) is 1. The van der Waals surface area contributed by atoms with Crippen LogP contribution < -0.4 is 18.9 Å². The summed E-state index contributed by atoms with van der Waals surface area (Å²) >= 11 is 0. The molecule has 268 valence electrons. The lowest BCUT2D eigenvalue weighted by atomic mass is 9.94. The summed E-state index contributed by atoms with van der Waals surface area (Å²) in [5.74, 6) is -1.32. The highest BCUT2D eigenvalue weighted by molar-refractivity contribution is 5.91. The summed E-state index contributed by atoms with van der Waals surface area (Å²) in [6.45, 7) is 5.94. The smallest absolute Gasteiger partial charge is 0.343 e. The minimum absolute atomic E-state index is 0.214. The minimum atomic E-state index is -0.528. The molecule has 0 heterocycles. The molecule has 2 unspecified atom stereocenters. The SMILES string of the molecule is CCC(CC(C)C(=O)OCCCCOc1ccc(C(=O)Oc2ccc(C#N)cc2)cc1)C(=O)Oc1ccc(OC(=O)/C=C/c2ccccc2)cc1C. The van der Waals surface area contributed by atoms with Gasteiger partial charge in [0.15, 0.2) is 0 Å². The normalized spacial score (nSPS) is 11.9. The van der Waals surface area contributed by atoms with Crippen molar-refractivity contribution in [1.29, 1.82) is 5.26 Å². The second-order valence-electron chi connectivity index (χ2n) is 12.0. The van der Waals surface area contributed by atoms with Gasteiger partial charge in [0.05, 0.1) is 42.2 Å². The van der Waals surface area contributed by atoms with Gasteiger partial charge in [-0.2, -0.15) is 5.26 Å². The van der Waals surface area contributed by atoms with Gasteiger partial charge in [0.1, 0.15) is 23.0 Å². The van der Waals surface area contributed by atoms with Crippen LogP contribution >= 0.6 is 0 Å². The van der Waals surface area contributed by atoms with Crippen LogP contribution in [0.2, 0.25) is 0 Å². The molecule has 4 rings (SSSR count). The second-order valence-corrected chi connectivity index (χ2v) is 12.0. The number of carbonyl (C=O) groups is 4. The van der Waals surface area contributed by atoms with Crippen molar-refractivity contribution in [2.45, 2.75) is 46.5 Å². The van der Waals surface area contributed by atoms with Crippen molar-refractivity contribution in [1.82, 2.24) is 0 Å². The third-order valence-corrected chi connectivity index (χ3v) is 7.99. The first-order valence-electron chi connectivity index (χ1n) is 17.0. The molecule has 0 bridgehead atoms. The fraction of sp³-hybridized carbons (Fsp3) is 0.262. The van der Waals surface area contributed by atoms with E-state index in [1.54, 1.807) is 86.7 Å². The van der Waals surface area contributed by atoms with E-state index in [0.29, 0.717) is 65.6 Å². The Balaban J connectivity index is 1.12. The molecule has 10 heteroatoms. The van der Waals surface area contributed by atoms with Gasteiger partial charge in [0.25, 0.3) is 0 Å². The van der Waals surface area contributed by atoms with Gasteiger partial charge < -0.3 is 23.7 Å². The molecule has 0 aliphatic rings. The summed E-state index contributed by atoms with van der Waals surface area (Å²) in [6.07, 6.45) is 4.98. The zero-order valence-electron chi connectivity index (χ0n) is 29.4. The van der Waals surface area contributed by atoms with Crippen LogP contribution in [-0.2, 0) is 19.1 Å². The lowest BCUT2D eigenvalue weighted by Gasteiger charge is -2.18. The molecule has 0 N–H and O–H groups in total. The summed E-state index contributed by atoms with van der Waals surface area (Å²) in [5.41, 5.74) is 2.32. The number of aryl methyl sites for hydroxylation is 1. The molecule has 4 aromatic rings. The Hall–Kier alpha value is -6.21. The standard InChI is InChI=1S/C42H41NO9/c1-4-33(41(46)52-38-22-21-37(27-29(38)2)50-39(44)23-14-31-10-6-5-7-11-31)26-30(3)40(45)49-25-9-8-24-48-35-19-15-34(16-20-35)42(47)51-36-17-12-32(28-43)13-18-36/h5-7,10-23,27,30,33H,4,8-9,24-26H2,1-3H3/b23-14+. The predicted octanol–water partition coefficient (Wildman–Crippen LogP) is 8.06. The van der Waals surface area contributed by atoms with Gasteiger partial charge in [-0.05, 0) is 117 Å². The van der Waals surface area contributed by atoms with Crippen molar-refractivity contribution < 1.29 is 42.9 Å². The van der Waals surface area contributed by atoms with Crippen LogP contribution in [0.15, 0.2) is 103 Å². The summed E-state index contributed by atoms with van der Waals surface area (Å²) in [4.78, 5) is 50.3. The largest absolute Gasteiger partial charge is 0.494 e. The maximum absolute atomic E-state index is 13.0. The fourth-order valence-electron chi connectivity index (χ4n) is 4.98. The van der Waals surface area contributed by atoms with Crippen LogP contribution in [0.5, 0.6) is 23.0 Å². The van der Waals surface area contributed by atoms with E-state index < -0.39 is 29.7 Å². The number of esters is 4. The molecular formula is C42H41NO9. The van der Waals surface area contributed by atoms with Crippen LogP contribution in [0.3, 0.4) is 0 Å². The number of carbonyl (C=O) groups excluding carboxylic acids is 4. The number of ether oxygens (including phenoxy) is 5. The monoisotopic (exact) mass is 703 g/mol. The highest BCUT2D eigenvalue weighted by Gasteiger charge is 2.26. The van der Waals surface area contributed by atoms with E-state index in [0.717, 1.165) is 5.56 Å². The van der Waals surface area contributed by atoms with Gasteiger partial charge in [0, 0.05) is 6.08 Å². The average Bonchev–Trinajstić information content (AvgIpc) is 3.16. The number of benzene rings is 4. The quantitative estimate of drug-likeness (QED) is 0.0459. The fourth-order valence-corrected chi connectivity index (χ4v) is 4.98. The Kier molecular flexibility index (Phi) is 14.7. The molecule has 0 aliphatic heterocycles. The third-order valence-electron chi connectivity index (χ3n) is 7.99. The molecule has 4 aromatic carbocycles. The van der Waals surface area contributed by atoms with E-state index in [-0.39, 0.29) is 19.0 Å². The van der Waals surface area contributed by atoms with Gasteiger partial charge in [-0.15, -0.1) is 0 Å². The molecule has 52 heavy (non-hydrogen) atoms. The Morgan fingerprint density at radius 3 is 2.12 bits per heavy atom. The molecule has 0 saturated carbocycles. The lowest BCUT2D eigenvalue weighted by molar-refractivity contribution is -0.149. The topological polar surface area (TPSA) is 138 Å². The molecule has 10 nitrogen and oxygen atoms in total. The van der Waals surface area contributed by atoms with E-state index in [1.807, 2.05) is 43.3 Å². The Morgan fingerprint density at radius 1 is 0.769 bits per heavy atom. The Morgan fingerprint density at radius 2 is 1.44 bits per heavy atom. The van der Waals surface area contributed by atoms with Crippen LogP contribution in [0.1, 0.15) is 66.6 Å². The van der Waals surface area contributed by atoms with Gasteiger partial charge in [0.2, 0.25) is 0 Å². The Labute approximate surface area is 303 Å². The molecule has 0 aliphatic carbocycles. The predicted molar refractivity (Wildman–Crippen MR) is 194 cm³/mol. The van der Waals surface area contributed by atoms with Crippen molar-refractivity contribution in [3.63, 3.8) is 0 Å². The zero-order chi connectivity index (χ0) is 37.3. The minimum Gasteiger partial charge on any atom is -0.494 e. The number of rotatable bonds is 17. The summed E-state index contributed by atoms with van der Waals surface area (Å²) < 4.78 is 27.6. The first-order chi connectivity index (χ1) is 25.1. The third kappa shape index (κ3) is 12.3. The highest BCUT2D eigenvalue weighted by atomic mass is 16.5. The van der Waals surface area contributed by atoms with Crippen LogP contribution in [-0.4, -0.2) is 37.1 Å². The molecule has 0 aromatic heterocycles. The number of nitrogens with zero attached hydrogens (tertiary/aromatic N) is 1. The van der Waals surface area contributed by atoms with Gasteiger partial charge in [-0.1, -0.05) is 44.2 Å². The maximum atomic E-state index is 13.0. The van der Waals surface area contributed by atoms with Crippen LogP contribution in [0.25, 0.3) is 6.08 Å². The highest BCUT2D eigenvalue weighted by Crippen LogP contribution is 2.27. The van der Waals surface area contributed by atoms with Crippen molar-refractivity contribution in [2.24, 2.45) is 11.8 Å². The van der Waals surface area contributed by atoms with Crippen LogP contribution in [0.4, 0.5) is 0 Å². The molecule has 0 radical (unpaired) electrons. The number of hydrogen-bond acceptors (Lipinski definition) is 10. The zero-order valence-corrected chi connectivity index (χ0v) is 29.4. The molecule has 0 saturated heterocycles. The molecule has 0 spiro atoms.